The number of hydrogen-bond acceptors (Lipinski definition) is 7. The van der Waals surface area contributed by atoms with Gasteiger partial charge in [-0.05, 0) is 59.8 Å². The monoisotopic (exact) mass is 416 g/mol. The number of nitrogens with zero attached hydrogens (tertiary/aromatic N) is 1. The molecular weight excluding hydrogens is 399 g/mol. The Bertz CT molecular complexity index is 989. The summed E-state index contributed by atoms with van der Waals surface area (Å²) in [4.78, 5) is 28.2. The first-order chi connectivity index (χ1) is 14.0. The number of amides is 1. The molecule has 2 aromatic carbocycles. The zero-order valence-electron chi connectivity index (χ0n) is 15.6. The number of esters is 1. The molecule has 7 nitrogen and oxygen atoms in total. The van der Waals surface area contributed by atoms with E-state index in [1.807, 2.05) is 0 Å². The molecule has 0 saturated carbocycles. The molecule has 1 aliphatic rings. The Morgan fingerprint density at radius 2 is 1.93 bits per heavy atom. The van der Waals surface area contributed by atoms with Crippen LogP contribution in [0.3, 0.4) is 0 Å². The van der Waals surface area contributed by atoms with Crippen molar-refractivity contribution >= 4 is 40.6 Å². The van der Waals surface area contributed by atoms with Crippen molar-refractivity contribution in [2.45, 2.75) is 0 Å². The van der Waals surface area contributed by atoms with Gasteiger partial charge in [-0.15, -0.1) is 0 Å². The van der Waals surface area contributed by atoms with Crippen molar-refractivity contribution in [3.05, 3.63) is 58.8 Å². The van der Waals surface area contributed by atoms with Crippen molar-refractivity contribution in [3.63, 3.8) is 0 Å². The summed E-state index contributed by atoms with van der Waals surface area (Å²) in [5.74, 6) is -0.370. The number of carbonyl (C=O) groups is 2. The van der Waals surface area contributed by atoms with Gasteiger partial charge in [0, 0.05) is 0 Å². The fourth-order valence-electron chi connectivity index (χ4n) is 2.35. The molecule has 29 heavy (non-hydrogen) atoms. The predicted octanol–water partition coefficient (Wildman–Crippen LogP) is 3.28. The number of aliphatic imine (C=N–C) groups is 1. The van der Waals surface area contributed by atoms with E-state index in [4.69, 9.17) is 9.47 Å². The van der Waals surface area contributed by atoms with E-state index in [2.05, 4.69) is 15.0 Å². The summed E-state index contributed by atoms with van der Waals surface area (Å²) in [7, 11) is 2.75. The third-order valence-corrected chi connectivity index (χ3v) is 4.68. The van der Waals surface area contributed by atoms with Crippen LogP contribution in [-0.2, 0) is 14.3 Å². The SMILES string of the molecule is COC(=O)COc1ccc(C=C2SC(=Nc3ccc(F)cc3)NC2=O)cc1OC. The van der Waals surface area contributed by atoms with Crippen molar-refractivity contribution in [1.29, 1.82) is 0 Å². The molecule has 2 aromatic rings. The highest BCUT2D eigenvalue weighted by molar-refractivity contribution is 8.18. The summed E-state index contributed by atoms with van der Waals surface area (Å²) in [6.07, 6.45) is 1.68. The molecule has 1 heterocycles. The molecule has 0 bridgehead atoms. The normalized spacial score (nSPS) is 16.0. The molecule has 1 aliphatic heterocycles. The lowest BCUT2D eigenvalue weighted by atomic mass is 10.2. The minimum atomic E-state index is -0.509. The number of rotatable bonds is 6. The molecule has 0 spiro atoms. The van der Waals surface area contributed by atoms with Crippen LogP contribution in [0, 0.1) is 5.82 Å². The van der Waals surface area contributed by atoms with Gasteiger partial charge in [-0.3, -0.25) is 4.79 Å². The first kappa shape index (κ1) is 20.4. The Labute approximate surface area is 170 Å². The van der Waals surface area contributed by atoms with Crippen LogP contribution in [0.1, 0.15) is 5.56 Å². The molecule has 1 N–H and O–H groups in total. The molecular formula is C20H17FN2O5S. The van der Waals surface area contributed by atoms with Crippen molar-refractivity contribution in [2.75, 3.05) is 20.8 Å². The molecule has 0 unspecified atom stereocenters. The van der Waals surface area contributed by atoms with Gasteiger partial charge >= 0.3 is 5.97 Å². The van der Waals surface area contributed by atoms with E-state index in [1.54, 1.807) is 24.3 Å². The molecule has 1 amide bonds. The third kappa shape index (κ3) is 5.35. The Morgan fingerprint density at radius 1 is 1.17 bits per heavy atom. The molecule has 0 aromatic heterocycles. The summed E-state index contributed by atoms with van der Waals surface area (Å²) in [6.45, 7) is -0.241. The maximum atomic E-state index is 13.0. The second-order valence-electron chi connectivity index (χ2n) is 5.73. The van der Waals surface area contributed by atoms with Gasteiger partial charge in [0.25, 0.3) is 5.91 Å². The van der Waals surface area contributed by atoms with Gasteiger partial charge in [0.15, 0.2) is 23.3 Å². The Morgan fingerprint density at radius 3 is 2.62 bits per heavy atom. The van der Waals surface area contributed by atoms with E-state index in [9.17, 15) is 14.0 Å². The number of thioether (sulfide) groups is 1. The van der Waals surface area contributed by atoms with Crippen LogP contribution < -0.4 is 14.8 Å². The molecule has 0 atom stereocenters. The second kappa shape index (κ2) is 9.24. The lowest BCUT2D eigenvalue weighted by Gasteiger charge is -2.10. The smallest absolute Gasteiger partial charge is 0.343 e. The van der Waals surface area contributed by atoms with Crippen LogP contribution in [0.15, 0.2) is 52.4 Å². The van der Waals surface area contributed by atoms with Crippen LogP contribution in [0.4, 0.5) is 10.1 Å². The van der Waals surface area contributed by atoms with Crippen LogP contribution in [-0.4, -0.2) is 37.9 Å². The topological polar surface area (TPSA) is 86.2 Å². The summed E-state index contributed by atoms with van der Waals surface area (Å²) < 4.78 is 28.2. The van der Waals surface area contributed by atoms with Crippen molar-refractivity contribution in [3.8, 4) is 11.5 Å². The quantitative estimate of drug-likeness (QED) is 0.575. The highest BCUT2D eigenvalue weighted by Crippen LogP contribution is 2.32. The Balaban J connectivity index is 1.76. The molecule has 1 fully saturated rings. The average molecular weight is 416 g/mol. The van der Waals surface area contributed by atoms with E-state index in [-0.39, 0.29) is 18.3 Å². The lowest BCUT2D eigenvalue weighted by Crippen LogP contribution is -2.19. The van der Waals surface area contributed by atoms with Gasteiger partial charge in [-0.25, -0.2) is 14.2 Å². The number of benzene rings is 2. The van der Waals surface area contributed by atoms with E-state index in [1.165, 1.54) is 50.2 Å². The minimum absolute atomic E-state index is 0.241. The van der Waals surface area contributed by atoms with Gasteiger partial charge in [0.1, 0.15) is 5.82 Å². The average Bonchev–Trinajstić information content (AvgIpc) is 3.06. The molecule has 9 heteroatoms. The fraction of sp³-hybridized carbons (Fsp3) is 0.150. The standard InChI is InChI=1S/C20H17FN2O5S/c1-26-16-9-12(3-8-15(16)28-11-18(24)27-2)10-17-19(25)23-20(29-17)22-14-6-4-13(21)5-7-14/h3-10H,11H2,1-2H3,(H,22,23,25). The van der Waals surface area contributed by atoms with Crippen LogP contribution in [0.25, 0.3) is 6.08 Å². The number of nitrogens with one attached hydrogen (secondary N) is 1. The largest absolute Gasteiger partial charge is 0.493 e. The maximum Gasteiger partial charge on any atom is 0.343 e. The molecule has 0 radical (unpaired) electrons. The number of halogens is 1. The highest BCUT2D eigenvalue weighted by Gasteiger charge is 2.24. The summed E-state index contributed by atoms with van der Waals surface area (Å²) in [6, 6.07) is 10.7. The van der Waals surface area contributed by atoms with E-state index in [0.717, 1.165) is 0 Å². The number of methoxy groups -OCH3 is 2. The van der Waals surface area contributed by atoms with Gasteiger partial charge in [0.2, 0.25) is 0 Å². The predicted molar refractivity (Wildman–Crippen MR) is 108 cm³/mol. The zero-order valence-corrected chi connectivity index (χ0v) is 16.4. The van der Waals surface area contributed by atoms with Crippen molar-refractivity contribution in [1.82, 2.24) is 5.32 Å². The number of hydrogen-bond donors (Lipinski definition) is 1. The molecule has 1 saturated heterocycles. The first-order valence-corrected chi connectivity index (χ1v) is 9.23. The Hall–Kier alpha value is -3.33. The summed E-state index contributed by atoms with van der Waals surface area (Å²) in [5.41, 5.74) is 1.23. The van der Waals surface area contributed by atoms with Gasteiger partial charge < -0.3 is 19.5 Å². The van der Waals surface area contributed by atoms with E-state index in [0.29, 0.717) is 32.8 Å². The highest BCUT2D eigenvalue weighted by atomic mass is 32.2. The summed E-state index contributed by atoms with van der Waals surface area (Å²) >= 11 is 1.17. The van der Waals surface area contributed by atoms with Crippen molar-refractivity contribution < 1.29 is 28.2 Å². The maximum absolute atomic E-state index is 13.0. The molecule has 150 valence electrons. The van der Waals surface area contributed by atoms with Gasteiger partial charge in [0.05, 0.1) is 24.8 Å². The lowest BCUT2D eigenvalue weighted by molar-refractivity contribution is -0.142. The molecule has 3 rings (SSSR count). The van der Waals surface area contributed by atoms with Crippen molar-refractivity contribution in [2.24, 2.45) is 4.99 Å². The second-order valence-corrected chi connectivity index (χ2v) is 6.76. The van der Waals surface area contributed by atoms with Crippen LogP contribution in [0.5, 0.6) is 11.5 Å². The third-order valence-electron chi connectivity index (χ3n) is 3.77. The molecule has 0 aliphatic carbocycles. The van der Waals surface area contributed by atoms with Gasteiger partial charge in [-0.1, -0.05) is 6.07 Å². The number of carbonyl (C=O) groups excluding carboxylic acids is 2. The summed E-state index contributed by atoms with van der Waals surface area (Å²) in [5, 5.41) is 3.07. The first-order valence-electron chi connectivity index (χ1n) is 8.41. The number of ether oxygens (including phenoxy) is 3. The zero-order chi connectivity index (χ0) is 20.8. The van der Waals surface area contributed by atoms with E-state index >= 15 is 0 Å². The van der Waals surface area contributed by atoms with Gasteiger partial charge in [-0.2, -0.15) is 0 Å². The van der Waals surface area contributed by atoms with E-state index < -0.39 is 5.97 Å². The Kier molecular flexibility index (Phi) is 6.50. The fourth-order valence-corrected chi connectivity index (χ4v) is 3.20. The van der Waals surface area contributed by atoms with Crippen LogP contribution >= 0.6 is 11.8 Å². The van der Waals surface area contributed by atoms with Crippen LogP contribution in [0.2, 0.25) is 0 Å². The number of amidine groups is 1. The minimum Gasteiger partial charge on any atom is -0.493 e.